The van der Waals surface area contributed by atoms with Crippen LogP contribution in [0, 0.1) is 6.92 Å². The third-order valence-corrected chi connectivity index (χ3v) is 2.51. The number of fused-ring (bicyclic) bond motifs is 1. The van der Waals surface area contributed by atoms with E-state index in [1.54, 1.807) is 13.1 Å². The number of imidazole rings is 1. The Morgan fingerprint density at radius 3 is 3.06 bits per heavy atom. The number of ketones is 1. The molecule has 2 heterocycles. The van der Waals surface area contributed by atoms with E-state index < -0.39 is 0 Å². The monoisotopic (exact) mass is 218 g/mol. The van der Waals surface area contributed by atoms with E-state index in [2.05, 4.69) is 15.0 Å². The third kappa shape index (κ3) is 2.08. The molecule has 0 atom stereocenters. The molecular weight excluding hydrogens is 204 g/mol. The second kappa shape index (κ2) is 4.38. The third-order valence-electron chi connectivity index (χ3n) is 2.51. The fraction of sp³-hybridized carbons (Fsp3) is 0.455. The standard InChI is InChI=1S/C11H14N4O/c1-8(16)4-3-5-15-9(2)14-10-6-12-7-13-11(10)15/h6-7H,3-5H2,1-2H3. The molecule has 2 aromatic rings. The molecule has 0 aliphatic heterocycles. The summed E-state index contributed by atoms with van der Waals surface area (Å²) < 4.78 is 2.03. The number of hydrogen-bond donors (Lipinski definition) is 0. The van der Waals surface area contributed by atoms with Gasteiger partial charge in [0.15, 0.2) is 5.65 Å². The van der Waals surface area contributed by atoms with E-state index in [-0.39, 0.29) is 5.78 Å². The van der Waals surface area contributed by atoms with Crippen LogP contribution in [0.15, 0.2) is 12.5 Å². The van der Waals surface area contributed by atoms with E-state index >= 15 is 0 Å². The highest BCUT2D eigenvalue weighted by Gasteiger charge is 2.07. The van der Waals surface area contributed by atoms with Crippen LogP contribution >= 0.6 is 0 Å². The lowest BCUT2D eigenvalue weighted by atomic mass is 10.2. The number of rotatable bonds is 4. The minimum absolute atomic E-state index is 0.219. The molecule has 0 spiro atoms. The van der Waals surface area contributed by atoms with Gasteiger partial charge in [-0.05, 0) is 20.3 Å². The lowest BCUT2D eigenvalue weighted by Crippen LogP contribution is -2.03. The molecule has 84 valence electrons. The van der Waals surface area contributed by atoms with Crippen molar-refractivity contribution in [3.8, 4) is 0 Å². The van der Waals surface area contributed by atoms with Crippen molar-refractivity contribution in [2.75, 3.05) is 0 Å². The van der Waals surface area contributed by atoms with Gasteiger partial charge in [-0.3, -0.25) is 0 Å². The smallest absolute Gasteiger partial charge is 0.163 e. The predicted octanol–water partition coefficient (Wildman–Crippen LogP) is 1.50. The molecule has 0 bridgehead atoms. The van der Waals surface area contributed by atoms with Crippen molar-refractivity contribution in [1.82, 2.24) is 19.5 Å². The first-order chi connectivity index (χ1) is 7.68. The number of aryl methyl sites for hydroxylation is 2. The molecule has 5 heteroatoms. The molecule has 0 aliphatic rings. The van der Waals surface area contributed by atoms with Crippen LogP contribution in [0.1, 0.15) is 25.6 Å². The van der Waals surface area contributed by atoms with Gasteiger partial charge in [-0.15, -0.1) is 0 Å². The van der Waals surface area contributed by atoms with Gasteiger partial charge in [-0.25, -0.2) is 15.0 Å². The minimum atomic E-state index is 0.219. The molecule has 0 N–H and O–H groups in total. The van der Waals surface area contributed by atoms with Gasteiger partial charge in [0.05, 0.1) is 6.20 Å². The largest absolute Gasteiger partial charge is 0.313 e. The molecule has 0 aromatic carbocycles. The van der Waals surface area contributed by atoms with E-state index in [0.29, 0.717) is 6.42 Å². The lowest BCUT2D eigenvalue weighted by Gasteiger charge is -2.04. The minimum Gasteiger partial charge on any atom is -0.313 e. The molecule has 16 heavy (non-hydrogen) atoms. The molecule has 0 saturated carbocycles. The van der Waals surface area contributed by atoms with E-state index in [1.807, 2.05) is 11.5 Å². The van der Waals surface area contributed by atoms with Crippen molar-refractivity contribution in [2.24, 2.45) is 0 Å². The Labute approximate surface area is 93.5 Å². The van der Waals surface area contributed by atoms with Crippen LogP contribution in [-0.2, 0) is 11.3 Å². The first-order valence-electron chi connectivity index (χ1n) is 5.31. The van der Waals surface area contributed by atoms with Crippen molar-refractivity contribution in [3.63, 3.8) is 0 Å². The maximum atomic E-state index is 10.9. The first-order valence-corrected chi connectivity index (χ1v) is 5.31. The summed E-state index contributed by atoms with van der Waals surface area (Å²) in [6, 6.07) is 0. The molecule has 2 aromatic heterocycles. The van der Waals surface area contributed by atoms with Crippen molar-refractivity contribution < 1.29 is 4.79 Å². The maximum Gasteiger partial charge on any atom is 0.163 e. The summed E-state index contributed by atoms with van der Waals surface area (Å²) in [5.41, 5.74) is 1.65. The van der Waals surface area contributed by atoms with Crippen molar-refractivity contribution in [3.05, 3.63) is 18.3 Å². The predicted molar refractivity (Wildman–Crippen MR) is 60.0 cm³/mol. The van der Waals surface area contributed by atoms with E-state index in [4.69, 9.17) is 0 Å². The SMILES string of the molecule is CC(=O)CCCn1c(C)nc2cncnc21. The summed E-state index contributed by atoms with van der Waals surface area (Å²) in [5.74, 6) is 1.13. The van der Waals surface area contributed by atoms with Gasteiger partial charge < -0.3 is 9.36 Å². The average Bonchev–Trinajstić information content (AvgIpc) is 2.55. The Hall–Kier alpha value is -1.78. The van der Waals surface area contributed by atoms with Crippen LogP contribution < -0.4 is 0 Å². The average molecular weight is 218 g/mol. The molecule has 0 aliphatic carbocycles. The summed E-state index contributed by atoms with van der Waals surface area (Å²) in [6.07, 6.45) is 4.65. The Morgan fingerprint density at radius 2 is 2.31 bits per heavy atom. The van der Waals surface area contributed by atoms with Gasteiger partial charge >= 0.3 is 0 Å². The summed E-state index contributed by atoms with van der Waals surface area (Å²) in [6.45, 7) is 4.33. The normalized spacial score (nSPS) is 10.9. The molecule has 0 radical (unpaired) electrons. The molecule has 0 fully saturated rings. The Kier molecular flexibility index (Phi) is 2.94. The lowest BCUT2D eigenvalue weighted by molar-refractivity contribution is -0.117. The zero-order valence-electron chi connectivity index (χ0n) is 9.47. The zero-order valence-corrected chi connectivity index (χ0v) is 9.47. The molecule has 0 unspecified atom stereocenters. The first kappa shape index (κ1) is 10.7. The Morgan fingerprint density at radius 1 is 1.50 bits per heavy atom. The van der Waals surface area contributed by atoms with E-state index in [9.17, 15) is 4.79 Å². The molecule has 2 rings (SSSR count). The van der Waals surface area contributed by atoms with Crippen LogP contribution in [0.2, 0.25) is 0 Å². The van der Waals surface area contributed by atoms with Crippen molar-refractivity contribution in [2.45, 2.75) is 33.2 Å². The van der Waals surface area contributed by atoms with Gasteiger partial charge in [0.2, 0.25) is 0 Å². The molecule has 5 nitrogen and oxygen atoms in total. The van der Waals surface area contributed by atoms with Gasteiger partial charge in [0, 0.05) is 13.0 Å². The Balaban J connectivity index is 2.22. The van der Waals surface area contributed by atoms with Crippen LogP contribution in [0.4, 0.5) is 0 Å². The highest BCUT2D eigenvalue weighted by atomic mass is 16.1. The van der Waals surface area contributed by atoms with Gasteiger partial charge in [-0.2, -0.15) is 0 Å². The maximum absolute atomic E-state index is 10.9. The van der Waals surface area contributed by atoms with Crippen LogP contribution in [0.3, 0.4) is 0 Å². The van der Waals surface area contributed by atoms with Crippen LogP contribution in [0.25, 0.3) is 11.2 Å². The fourth-order valence-corrected chi connectivity index (χ4v) is 1.74. The van der Waals surface area contributed by atoms with Crippen molar-refractivity contribution >= 4 is 16.9 Å². The summed E-state index contributed by atoms with van der Waals surface area (Å²) >= 11 is 0. The van der Waals surface area contributed by atoms with Crippen LogP contribution in [-0.4, -0.2) is 25.3 Å². The van der Waals surface area contributed by atoms with Gasteiger partial charge in [0.25, 0.3) is 0 Å². The highest BCUT2D eigenvalue weighted by molar-refractivity contribution is 5.75. The number of carbonyl (C=O) groups excluding carboxylic acids is 1. The molecule has 0 amide bonds. The highest BCUT2D eigenvalue weighted by Crippen LogP contribution is 2.12. The number of carbonyl (C=O) groups is 1. The summed E-state index contributed by atoms with van der Waals surface area (Å²) in [5, 5.41) is 0. The summed E-state index contributed by atoms with van der Waals surface area (Å²) in [4.78, 5) is 23.4. The quantitative estimate of drug-likeness (QED) is 0.780. The van der Waals surface area contributed by atoms with E-state index in [0.717, 1.165) is 30.0 Å². The second-order valence-corrected chi connectivity index (χ2v) is 3.85. The van der Waals surface area contributed by atoms with E-state index in [1.165, 1.54) is 6.33 Å². The number of nitrogens with zero attached hydrogens (tertiary/aromatic N) is 4. The van der Waals surface area contributed by atoms with Gasteiger partial charge in [-0.1, -0.05) is 0 Å². The number of Topliss-reactive ketones (excluding diaryl/α,β-unsaturated/α-hetero) is 1. The molecule has 0 saturated heterocycles. The summed E-state index contributed by atoms with van der Waals surface area (Å²) in [7, 11) is 0. The molecular formula is C11H14N4O. The van der Waals surface area contributed by atoms with Gasteiger partial charge in [0.1, 0.15) is 23.5 Å². The number of hydrogen-bond acceptors (Lipinski definition) is 4. The van der Waals surface area contributed by atoms with Crippen LogP contribution in [0.5, 0.6) is 0 Å². The Bertz CT molecular complexity index is 518. The number of aromatic nitrogens is 4. The fourth-order valence-electron chi connectivity index (χ4n) is 1.74. The van der Waals surface area contributed by atoms with Crippen molar-refractivity contribution in [1.29, 1.82) is 0 Å². The topological polar surface area (TPSA) is 60.7 Å². The second-order valence-electron chi connectivity index (χ2n) is 3.85. The zero-order chi connectivity index (χ0) is 11.5.